The summed E-state index contributed by atoms with van der Waals surface area (Å²) in [5.41, 5.74) is 28.4. The van der Waals surface area contributed by atoms with Gasteiger partial charge in [-0.1, -0.05) is 238 Å². The van der Waals surface area contributed by atoms with Crippen molar-refractivity contribution >= 4 is 93.3 Å². The first-order valence-corrected chi connectivity index (χ1v) is 33.0. The van der Waals surface area contributed by atoms with Crippen molar-refractivity contribution in [3.8, 4) is 72.7 Å². The lowest BCUT2D eigenvalue weighted by Gasteiger charge is -2.29. The standard InChI is InChI=1S/C91H62N4/c1-91(2)82-55-63(62-43-52-88-81(54-62)78-30-16-19-33-86(78)93(88)66-20-6-3-7-21-66)40-47-73(82)74-50-46-70(58-83(74)91)92(87-53-51-71(72-26-12-13-27-75(72)87)65-42-49-80-77-29-15-18-32-85(77)95(90(80)57-65)68-24-10-5-11-25-68)69-44-38-60(39-45-69)59-34-36-61(37-35-59)64-41-48-79-76-28-14-17-31-84(76)94(89(79)56-64)67-22-8-4-9-23-67/h3-58H,1-2H3. The quantitative estimate of drug-likeness (QED) is 0.133. The van der Waals surface area contributed by atoms with Crippen LogP contribution in [0.5, 0.6) is 0 Å². The van der Waals surface area contributed by atoms with E-state index in [1.807, 2.05) is 0 Å². The third kappa shape index (κ3) is 8.61. The average molecular weight is 1210 g/mol. The van der Waals surface area contributed by atoms with Crippen LogP contribution < -0.4 is 4.90 Å². The maximum absolute atomic E-state index is 2.49. The van der Waals surface area contributed by atoms with Gasteiger partial charge in [-0.2, -0.15) is 0 Å². The van der Waals surface area contributed by atoms with Crippen LogP contribution in [0, 0.1) is 0 Å². The molecule has 4 heteroatoms. The molecule has 446 valence electrons. The first kappa shape index (κ1) is 54.5. The molecule has 18 aromatic rings. The Morgan fingerprint density at radius 2 is 0.579 bits per heavy atom. The van der Waals surface area contributed by atoms with E-state index in [0.717, 1.165) is 39.7 Å². The minimum atomic E-state index is -0.301. The Hall–Kier alpha value is -12.2. The molecule has 0 saturated heterocycles. The second kappa shape index (κ2) is 21.4. The van der Waals surface area contributed by atoms with E-state index in [9.17, 15) is 0 Å². The van der Waals surface area contributed by atoms with Crippen LogP contribution in [0.3, 0.4) is 0 Å². The average Bonchev–Trinajstić information content (AvgIpc) is 1.64. The fraction of sp³-hybridized carbons (Fsp3) is 0.0330. The van der Waals surface area contributed by atoms with E-state index in [-0.39, 0.29) is 5.41 Å². The molecule has 0 fully saturated rings. The summed E-state index contributed by atoms with van der Waals surface area (Å²) < 4.78 is 7.20. The van der Waals surface area contributed by atoms with E-state index >= 15 is 0 Å². The smallest absolute Gasteiger partial charge is 0.0547 e. The van der Waals surface area contributed by atoms with E-state index in [0.29, 0.717) is 0 Å². The van der Waals surface area contributed by atoms with Crippen molar-refractivity contribution in [3.05, 3.63) is 351 Å². The molecule has 19 rings (SSSR count). The lowest BCUT2D eigenvalue weighted by Crippen LogP contribution is -2.17. The highest BCUT2D eigenvalue weighted by molar-refractivity contribution is 6.14. The molecule has 0 bridgehead atoms. The molecular weight excluding hydrogens is 1150 g/mol. The van der Waals surface area contributed by atoms with Gasteiger partial charge in [0, 0.05) is 71.6 Å². The summed E-state index contributed by atoms with van der Waals surface area (Å²) in [5, 5.41) is 9.87. The number of hydrogen-bond acceptors (Lipinski definition) is 1. The summed E-state index contributed by atoms with van der Waals surface area (Å²) in [6.07, 6.45) is 0. The van der Waals surface area contributed by atoms with Gasteiger partial charge in [0.2, 0.25) is 0 Å². The second-order valence-corrected chi connectivity index (χ2v) is 26.0. The highest BCUT2D eigenvalue weighted by Crippen LogP contribution is 2.53. The molecule has 1 aliphatic carbocycles. The van der Waals surface area contributed by atoms with Crippen LogP contribution in [0.2, 0.25) is 0 Å². The number of nitrogens with zero attached hydrogens (tertiary/aromatic N) is 4. The van der Waals surface area contributed by atoms with Crippen LogP contribution in [0.15, 0.2) is 340 Å². The Morgan fingerprint density at radius 1 is 0.221 bits per heavy atom. The van der Waals surface area contributed by atoms with Crippen molar-refractivity contribution in [1.29, 1.82) is 0 Å². The van der Waals surface area contributed by atoms with Crippen molar-refractivity contribution in [2.24, 2.45) is 0 Å². The molecule has 0 saturated carbocycles. The summed E-state index contributed by atoms with van der Waals surface area (Å²) in [4.78, 5) is 2.49. The van der Waals surface area contributed by atoms with Gasteiger partial charge in [-0.3, -0.25) is 0 Å². The number of rotatable bonds is 10. The highest BCUT2D eigenvalue weighted by Gasteiger charge is 2.37. The fourth-order valence-electron chi connectivity index (χ4n) is 15.9. The van der Waals surface area contributed by atoms with Gasteiger partial charge < -0.3 is 18.6 Å². The number of hydrogen-bond donors (Lipinski definition) is 0. The highest BCUT2D eigenvalue weighted by atomic mass is 15.1. The van der Waals surface area contributed by atoms with Crippen molar-refractivity contribution in [3.63, 3.8) is 0 Å². The van der Waals surface area contributed by atoms with E-state index in [2.05, 4.69) is 372 Å². The minimum absolute atomic E-state index is 0.301. The van der Waals surface area contributed by atoms with E-state index in [4.69, 9.17) is 0 Å². The summed E-state index contributed by atoms with van der Waals surface area (Å²) in [6, 6.07) is 126. The van der Waals surface area contributed by atoms with Crippen LogP contribution in [0.4, 0.5) is 17.1 Å². The lowest BCUT2D eigenvalue weighted by molar-refractivity contribution is 0.660. The molecule has 0 radical (unpaired) electrons. The van der Waals surface area contributed by atoms with Gasteiger partial charge in [-0.05, 0) is 187 Å². The Balaban J connectivity index is 0.714. The zero-order chi connectivity index (χ0) is 62.9. The third-order valence-electron chi connectivity index (χ3n) is 20.4. The number of para-hydroxylation sites is 6. The van der Waals surface area contributed by atoms with Crippen molar-refractivity contribution < 1.29 is 0 Å². The van der Waals surface area contributed by atoms with Gasteiger partial charge in [0.1, 0.15) is 0 Å². The normalized spacial score (nSPS) is 12.6. The molecule has 95 heavy (non-hydrogen) atoms. The summed E-state index contributed by atoms with van der Waals surface area (Å²) in [5.74, 6) is 0. The predicted molar refractivity (Wildman–Crippen MR) is 401 cm³/mol. The molecule has 3 aromatic heterocycles. The summed E-state index contributed by atoms with van der Waals surface area (Å²) in [7, 11) is 0. The number of benzene rings is 15. The second-order valence-electron chi connectivity index (χ2n) is 26.0. The Kier molecular flexibility index (Phi) is 12.3. The Morgan fingerprint density at radius 3 is 1.16 bits per heavy atom. The van der Waals surface area contributed by atoms with E-state index in [1.54, 1.807) is 0 Å². The number of anilines is 3. The first-order chi connectivity index (χ1) is 46.9. The summed E-state index contributed by atoms with van der Waals surface area (Å²) in [6.45, 7) is 4.82. The van der Waals surface area contributed by atoms with Crippen molar-refractivity contribution in [2.45, 2.75) is 19.3 Å². The monoisotopic (exact) mass is 1210 g/mol. The Bertz CT molecular complexity index is 6090. The van der Waals surface area contributed by atoms with Crippen molar-refractivity contribution in [2.75, 3.05) is 4.90 Å². The number of fused-ring (bicyclic) bond motifs is 13. The van der Waals surface area contributed by atoms with Crippen molar-refractivity contribution in [1.82, 2.24) is 13.7 Å². The topological polar surface area (TPSA) is 18.0 Å². The van der Waals surface area contributed by atoms with Gasteiger partial charge >= 0.3 is 0 Å². The molecule has 0 N–H and O–H groups in total. The van der Waals surface area contributed by atoms with Crippen LogP contribution >= 0.6 is 0 Å². The molecule has 15 aromatic carbocycles. The van der Waals surface area contributed by atoms with E-state index < -0.39 is 0 Å². The molecule has 0 atom stereocenters. The molecule has 1 aliphatic rings. The molecule has 0 unspecified atom stereocenters. The zero-order valence-corrected chi connectivity index (χ0v) is 52.6. The van der Waals surface area contributed by atoms with Gasteiger partial charge in [0.05, 0.1) is 38.8 Å². The van der Waals surface area contributed by atoms with E-state index in [1.165, 1.54) is 137 Å². The van der Waals surface area contributed by atoms with Crippen LogP contribution in [-0.2, 0) is 5.41 Å². The fourth-order valence-corrected chi connectivity index (χ4v) is 15.9. The predicted octanol–water partition coefficient (Wildman–Crippen LogP) is 24.6. The van der Waals surface area contributed by atoms with Gasteiger partial charge in [0.15, 0.2) is 0 Å². The molecule has 0 spiro atoms. The maximum Gasteiger partial charge on any atom is 0.0547 e. The molecule has 0 aliphatic heterocycles. The maximum atomic E-state index is 2.49. The van der Waals surface area contributed by atoms with Crippen LogP contribution in [0.25, 0.3) is 149 Å². The molecule has 4 nitrogen and oxygen atoms in total. The zero-order valence-electron chi connectivity index (χ0n) is 52.6. The van der Waals surface area contributed by atoms with Crippen LogP contribution in [0.1, 0.15) is 25.0 Å². The first-order valence-electron chi connectivity index (χ1n) is 33.0. The van der Waals surface area contributed by atoms with Gasteiger partial charge in [-0.15, -0.1) is 0 Å². The third-order valence-corrected chi connectivity index (χ3v) is 20.4. The van der Waals surface area contributed by atoms with Gasteiger partial charge in [-0.25, -0.2) is 0 Å². The molecular formula is C91H62N4. The van der Waals surface area contributed by atoms with Crippen LogP contribution in [-0.4, -0.2) is 13.7 Å². The number of aromatic nitrogens is 3. The minimum Gasteiger partial charge on any atom is -0.310 e. The molecule has 3 heterocycles. The Labute approximate surface area is 551 Å². The lowest BCUT2D eigenvalue weighted by atomic mass is 9.81. The molecule has 0 amide bonds. The summed E-state index contributed by atoms with van der Waals surface area (Å²) >= 11 is 0. The SMILES string of the molecule is CC1(C)c2cc(-c3ccc4c(c3)c3ccccc3n4-c3ccccc3)ccc2-c2ccc(N(c3ccc(-c4ccc(-c5ccc6c7ccccc7n(-c7ccccc7)c6c5)cc4)cc3)c3ccc(-c4ccc5c6ccccc6n(-c6ccccc6)c5c4)c4ccccc34)cc21. The van der Waals surface area contributed by atoms with Gasteiger partial charge in [0.25, 0.3) is 0 Å². The largest absolute Gasteiger partial charge is 0.310 e.